The molecule has 0 saturated carbocycles. The summed E-state index contributed by atoms with van der Waals surface area (Å²) in [5.41, 5.74) is -0.346. The van der Waals surface area contributed by atoms with Crippen molar-refractivity contribution in [1.29, 1.82) is 0 Å². The van der Waals surface area contributed by atoms with Gasteiger partial charge >= 0.3 is 0 Å². The van der Waals surface area contributed by atoms with Gasteiger partial charge in [0.25, 0.3) is 0 Å². The van der Waals surface area contributed by atoms with E-state index in [1.54, 1.807) is 0 Å². The summed E-state index contributed by atoms with van der Waals surface area (Å²) >= 11 is 1.94. The molecule has 3 rings (SSSR count). The van der Waals surface area contributed by atoms with E-state index in [2.05, 4.69) is 29.3 Å². The molecule has 3 unspecified atom stereocenters. The summed E-state index contributed by atoms with van der Waals surface area (Å²) in [4.78, 5) is 4.62. The zero-order chi connectivity index (χ0) is 13.3. The standard InChI is InChI=1S/C13H21N3O2S/c1-3-14-10-8-19-7-9(10)11-15-12(16-18-11)13(2)5-4-6-17-13/h9-10,14H,3-8H2,1-2H3. The van der Waals surface area contributed by atoms with E-state index in [4.69, 9.17) is 9.26 Å². The van der Waals surface area contributed by atoms with Gasteiger partial charge in [-0.3, -0.25) is 0 Å². The van der Waals surface area contributed by atoms with Crippen molar-refractivity contribution in [2.75, 3.05) is 24.7 Å². The van der Waals surface area contributed by atoms with E-state index in [0.29, 0.717) is 17.8 Å². The van der Waals surface area contributed by atoms with Crippen molar-refractivity contribution in [3.05, 3.63) is 11.7 Å². The third-order valence-corrected chi connectivity index (χ3v) is 5.19. The fourth-order valence-corrected chi connectivity index (χ4v) is 4.19. The third-order valence-electron chi connectivity index (χ3n) is 4.00. The molecular formula is C13H21N3O2S. The normalized spacial score (nSPS) is 35.1. The molecule has 3 atom stereocenters. The lowest BCUT2D eigenvalue weighted by atomic mass is 10.0. The number of nitrogens with one attached hydrogen (secondary N) is 1. The number of rotatable bonds is 4. The molecule has 6 heteroatoms. The third kappa shape index (κ3) is 2.53. The van der Waals surface area contributed by atoms with E-state index in [1.165, 1.54) is 0 Å². The second-order valence-corrected chi connectivity index (χ2v) is 6.52. The molecular weight excluding hydrogens is 262 g/mol. The number of aromatic nitrogens is 2. The number of hydrogen-bond donors (Lipinski definition) is 1. The molecule has 2 aliphatic heterocycles. The van der Waals surface area contributed by atoms with Crippen LogP contribution in [0.5, 0.6) is 0 Å². The zero-order valence-corrected chi connectivity index (χ0v) is 12.3. The van der Waals surface area contributed by atoms with Crippen LogP contribution in [0.3, 0.4) is 0 Å². The van der Waals surface area contributed by atoms with Crippen molar-refractivity contribution in [3.63, 3.8) is 0 Å². The van der Waals surface area contributed by atoms with Crippen LogP contribution in [0, 0.1) is 0 Å². The highest BCUT2D eigenvalue weighted by molar-refractivity contribution is 7.99. The zero-order valence-electron chi connectivity index (χ0n) is 11.5. The largest absolute Gasteiger partial charge is 0.367 e. The van der Waals surface area contributed by atoms with Crippen molar-refractivity contribution in [1.82, 2.24) is 15.5 Å². The second kappa shape index (κ2) is 5.42. The SMILES string of the molecule is CCNC1CSCC1c1nc(C2(C)CCCO2)no1. The number of thioether (sulfide) groups is 1. The summed E-state index contributed by atoms with van der Waals surface area (Å²) < 4.78 is 11.3. The molecule has 0 aliphatic carbocycles. The molecule has 1 aromatic rings. The van der Waals surface area contributed by atoms with Crippen LogP contribution in [-0.2, 0) is 10.3 Å². The maximum Gasteiger partial charge on any atom is 0.232 e. The van der Waals surface area contributed by atoms with Crippen molar-refractivity contribution in [3.8, 4) is 0 Å². The van der Waals surface area contributed by atoms with E-state index >= 15 is 0 Å². The Balaban J connectivity index is 1.77. The molecule has 5 nitrogen and oxygen atoms in total. The Bertz CT molecular complexity index is 431. The van der Waals surface area contributed by atoms with E-state index in [0.717, 1.165) is 43.4 Å². The first-order valence-corrected chi connectivity index (χ1v) is 8.17. The van der Waals surface area contributed by atoms with Gasteiger partial charge in [-0.05, 0) is 26.3 Å². The van der Waals surface area contributed by atoms with Crippen LogP contribution in [-0.4, -0.2) is 40.8 Å². The van der Waals surface area contributed by atoms with Gasteiger partial charge in [-0.1, -0.05) is 12.1 Å². The van der Waals surface area contributed by atoms with Crippen LogP contribution in [0.15, 0.2) is 4.52 Å². The Morgan fingerprint density at radius 2 is 2.37 bits per heavy atom. The van der Waals surface area contributed by atoms with Gasteiger partial charge in [0.1, 0.15) is 5.60 Å². The molecule has 106 valence electrons. The molecule has 2 fully saturated rings. The van der Waals surface area contributed by atoms with Crippen molar-refractivity contribution in [2.24, 2.45) is 0 Å². The van der Waals surface area contributed by atoms with E-state index in [1.807, 2.05) is 11.8 Å². The monoisotopic (exact) mass is 283 g/mol. The average molecular weight is 283 g/mol. The lowest BCUT2D eigenvalue weighted by Gasteiger charge is -2.18. The summed E-state index contributed by atoms with van der Waals surface area (Å²) in [7, 11) is 0. The number of ether oxygens (including phenoxy) is 1. The second-order valence-electron chi connectivity index (χ2n) is 5.45. The van der Waals surface area contributed by atoms with Crippen molar-refractivity contribution < 1.29 is 9.26 Å². The molecule has 0 aromatic carbocycles. The summed E-state index contributed by atoms with van der Waals surface area (Å²) in [6.45, 7) is 5.95. The highest BCUT2D eigenvalue weighted by Crippen LogP contribution is 2.36. The Morgan fingerprint density at radius 1 is 1.47 bits per heavy atom. The fourth-order valence-electron chi connectivity index (χ4n) is 2.82. The van der Waals surface area contributed by atoms with E-state index in [9.17, 15) is 0 Å². The van der Waals surface area contributed by atoms with Crippen molar-refractivity contribution >= 4 is 11.8 Å². The molecule has 1 N–H and O–H groups in total. The van der Waals surface area contributed by atoms with Crippen LogP contribution in [0.4, 0.5) is 0 Å². The topological polar surface area (TPSA) is 60.2 Å². The molecule has 0 bridgehead atoms. The first kappa shape index (κ1) is 13.4. The first-order valence-electron chi connectivity index (χ1n) is 7.02. The highest BCUT2D eigenvalue weighted by Gasteiger charge is 2.39. The molecule has 19 heavy (non-hydrogen) atoms. The minimum atomic E-state index is -0.346. The smallest absolute Gasteiger partial charge is 0.232 e. The predicted octanol–water partition coefficient (Wildman–Crippen LogP) is 1.90. The Kier molecular flexibility index (Phi) is 3.82. The Morgan fingerprint density at radius 3 is 3.11 bits per heavy atom. The highest BCUT2D eigenvalue weighted by atomic mass is 32.2. The summed E-state index contributed by atoms with van der Waals surface area (Å²) in [6, 6.07) is 0.445. The number of hydrogen-bond acceptors (Lipinski definition) is 6. The maximum atomic E-state index is 5.77. The van der Waals surface area contributed by atoms with Gasteiger partial charge in [-0.15, -0.1) is 0 Å². The van der Waals surface area contributed by atoms with E-state index in [-0.39, 0.29) is 5.60 Å². The van der Waals surface area contributed by atoms with Crippen LogP contribution < -0.4 is 5.32 Å². The molecule has 0 amide bonds. The lowest BCUT2D eigenvalue weighted by Crippen LogP contribution is -2.34. The van der Waals surface area contributed by atoms with E-state index < -0.39 is 0 Å². The van der Waals surface area contributed by atoms with Gasteiger partial charge in [0.15, 0.2) is 0 Å². The lowest BCUT2D eigenvalue weighted by molar-refractivity contribution is 0.00768. The molecule has 0 spiro atoms. The Hall–Kier alpha value is -0.590. The van der Waals surface area contributed by atoms with Gasteiger partial charge in [0.05, 0.1) is 5.92 Å². The van der Waals surface area contributed by atoms with Crippen LogP contribution in [0.2, 0.25) is 0 Å². The molecule has 1 aromatic heterocycles. The van der Waals surface area contributed by atoms with Crippen molar-refractivity contribution in [2.45, 2.75) is 44.2 Å². The van der Waals surface area contributed by atoms with Gasteiger partial charge < -0.3 is 14.6 Å². The maximum absolute atomic E-state index is 5.77. The van der Waals surface area contributed by atoms with Crippen LogP contribution >= 0.6 is 11.8 Å². The average Bonchev–Trinajstić information content (AvgIpc) is 3.08. The fraction of sp³-hybridized carbons (Fsp3) is 0.846. The summed E-state index contributed by atoms with van der Waals surface area (Å²) in [5, 5.41) is 7.66. The minimum Gasteiger partial charge on any atom is -0.367 e. The Labute approximate surface area is 117 Å². The molecule has 3 heterocycles. The first-order chi connectivity index (χ1) is 9.23. The molecule has 2 saturated heterocycles. The van der Waals surface area contributed by atoms with Gasteiger partial charge in [-0.25, -0.2) is 0 Å². The minimum absolute atomic E-state index is 0.330. The van der Waals surface area contributed by atoms with Gasteiger partial charge in [0.2, 0.25) is 11.7 Å². The molecule has 0 radical (unpaired) electrons. The van der Waals surface area contributed by atoms with Gasteiger partial charge in [-0.2, -0.15) is 16.7 Å². The molecule has 2 aliphatic rings. The summed E-state index contributed by atoms with van der Waals surface area (Å²) in [6.07, 6.45) is 2.04. The number of nitrogens with zero attached hydrogens (tertiary/aromatic N) is 2. The number of likely N-dealkylation sites (N-methyl/N-ethyl adjacent to an activating group) is 1. The predicted molar refractivity (Wildman–Crippen MR) is 74.4 cm³/mol. The van der Waals surface area contributed by atoms with Gasteiger partial charge in [0, 0.05) is 24.2 Å². The quantitative estimate of drug-likeness (QED) is 0.911. The summed E-state index contributed by atoms with van der Waals surface area (Å²) in [5.74, 6) is 3.98. The van der Waals surface area contributed by atoms with Crippen LogP contribution in [0.1, 0.15) is 44.3 Å². The van der Waals surface area contributed by atoms with Crippen LogP contribution in [0.25, 0.3) is 0 Å².